The average Bonchev–Trinajstić information content (AvgIpc) is 3.11. The molecule has 0 amide bonds. The lowest BCUT2D eigenvalue weighted by molar-refractivity contribution is -0.189. The molecule has 10 atom stereocenters. The van der Waals surface area contributed by atoms with Crippen molar-refractivity contribution < 1.29 is 14.6 Å². The van der Waals surface area contributed by atoms with Gasteiger partial charge in [0.2, 0.25) is 0 Å². The molecule has 0 aromatic carbocycles. The third-order valence-corrected chi connectivity index (χ3v) is 10.2. The molecule has 154 valence electrons. The van der Waals surface area contributed by atoms with Crippen LogP contribution in [0.15, 0.2) is 0 Å². The summed E-state index contributed by atoms with van der Waals surface area (Å²) in [4.78, 5) is 0. The molecule has 5 aliphatic rings. The average molecular weight is 377 g/mol. The van der Waals surface area contributed by atoms with Crippen molar-refractivity contribution in [1.29, 1.82) is 0 Å². The van der Waals surface area contributed by atoms with Crippen molar-refractivity contribution in [3.05, 3.63) is 0 Å². The minimum atomic E-state index is -0.482. The molecule has 27 heavy (non-hydrogen) atoms. The number of rotatable bonds is 1. The van der Waals surface area contributed by atoms with Gasteiger partial charge in [-0.25, -0.2) is 0 Å². The summed E-state index contributed by atoms with van der Waals surface area (Å²) in [6.07, 6.45) is 10.1. The molecule has 0 aromatic rings. The van der Waals surface area contributed by atoms with Gasteiger partial charge in [-0.3, -0.25) is 0 Å². The smallest absolute Gasteiger partial charge is 0.163 e. The molecule has 1 saturated heterocycles. The third-order valence-electron chi connectivity index (χ3n) is 10.2. The first-order chi connectivity index (χ1) is 12.7. The summed E-state index contributed by atoms with van der Waals surface area (Å²) < 4.78 is 13.3. The van der Waals surface area contributed by atoms with Crippen LogP contribution in [-0.2, 0) is 9.47 Å². The van der Waals surface area contributed by atoms with E-state index in [9.17, 15) is 5.11 Å². The predicted molar refractivity (Wildman–Crippen MR) is 106 cm³/mol. The largest absolute Gasteiger partial charge is 0.393 e. The molecule has 0 radical (unpaired) electrons. The summed E-state index contributed by atoms with van der Waals surface area (Å²) in [6, 6.07) is 0. The van der Waals surface area contributed by atoms with E-state index >= 15 is 0 Å². The topological polar surface area (TPSA) is 38.7 Å². The van der Waals surface area contributed by atoms with Crippen LogP contribution in [0.25, 0.3) is 0 Å². The van der Waals surface area contributed by atoms with Crippen molar-refractivity contribution in [3.8, 4) is 0 Å². The van der Waals surface area contributed by atoms with Crippen LogP contribution >= 0.6 is 0 Å². The first kappa shape index (κ1) is 18.9. The molecule has 0 bridgehead atoms. The minimum Gasteiger partial charge on any atom is -0.393 e. The Balaban J connectivity index is 1.57. The van der Waals surface area contributed by atoms with Crippen LogP contribution < -0.4 is 0 Å². The van der Waals surface area contributed by atoms with Gasteiger partial charge in [-0.15, -0.1) is 0 Å². The summed E-state index contributed by atoms with van der Waals surface area (Å²) in [5.41, 5.74) is 0.800. The van der Waals surface area contributed by atoms with Crippen LogP contribution in [0.3, 0.4) is 0 Å². The van der Waals surface area contributed by atoms with E-state index in [1.165, 1.54) is 32.1 Å². The molecule has 4 aliphatic carbocycles. The summed E-state index contributed by atoms with van der Waals surface area (Å²) >= 11 is 0. The highest BCUT2D eigenvalue weighted by Gasteiger charge is 2.68. The van der Waals surface area contributed by atoms with Crippen molar-refractivity contribution in [3.63, 3.8) is 0 Å². The van der Waals surface area contributed by atoms with Crippen LogP contribution in [0.4, 0.5) is 0 Å². The fourth-order valence-corrected chi connectivity index (χ4v) is 8.94. The molecule has 4 saturated carbocycles. The summed E-state index contributed by atoms with van der Waals surface area (Å²) in [5, 5.41) is 10.5. The second kappa shape index (κ2) is 5.95. The van der Waals surface area contributed by atoms with E-state index in [-0.39, 0.29) is 18.3 Å². The summed E-state index contributed by atoms with van der Waals surface area (Å²) in [5.74, 6) is 3.02. The zero-order valence-corrected chi connectivity index (χ0v) is 18.0. The second-order valence-electron chi connectivity index (χ2n) is 11.6. The Kier molecular flexibility index (Phi) is 4.16. The Bertz CT molecular complexity index is 602. The van der Waals surface area contributed by atoms with E-state index in [1.54, 1.807) is 0 Å². The van der Waals surface area contributed by atoms with E-state index in [1.807, 2.05) is 0 Å². The van der Waals surface area contributed by atoms with Crippen molar-refractivity contribution in [2.45, 2.75) is 110 Å². The molecular formula is C24H40O3. The molecule has 3 heteroatoms. The normalized spacial score (nSPS) is 58.9. The van der Waals surface area contributed by atoms with Crippen molar-refractivity contribution in [2.24, 2.45) is 40.4 Å². The van der Waals surface area contributed by atoms with E-state index < -0.39 is 5.79 Å². The van der Waals surface area contributed by atoms with Crippen molar-refractivity contribution in [1.82, 2.24) is 0 Å². The number of aliphatic hydroxyl groups is 1. The van der Waals surface area contributed by atoms with E-state index in [0.717, 1.165) is 37.0 Å². The predicted octanol–water partition coefficient (Wildman–Crippen LogP) is 5.16. The molecule has 1 N–H and O–H groups in total. The van der Waals surface area contributed by atoms with Crippen LogP contribution in [0.5, 0.6) is 0 Å². The maximum atomic E-state index is 10.5. The highest BCUT2D eigenvalue weighted by Crippen LogP contribution is 2.69. The molecular weight excluding hydrogens is 336 g/mol. The Morgan fingerprint density at radius 1 is 0.815 bits per heavy atom. The highest BCUT2D eigenvalue weighted by atomic mass is 16.8. The van der Waals surface area contributed by atoms with Gasteiger partial charge in [0.15, 0.2) is 5.79 Å². The van der Waals surface area contributed by atoms with Crippen LogP contribution in [0.1, 0.15) is 86.0 Å². The molecule has 0 aromatic heterocycles. The molecule has 1 aliphatic heterocycles. The number of ether oxygens (including phenoxy) is 2. The number of fused-ring (bicyclic) bond motifs is 8. The molecule has 4 unspecified atom stereocenters. The molecule has 5 rings (SSSR count). The Morgan fingerprint density at radius 2 is 1.48 bits per heavy atom. The van der Waals surface area contributed by atoms with Gasteiger partial charge in [0.05, 0.1) is 18.3 Å². The number of aliphatic hydroxyl groups excluding tert-OH is 1. The minimum absolute atomic E-state index is 0.155. The van der Waals surface area contributed by atoms with E-state index in [2.05, 4.69) is 34.6 Å². The Labute approximate surface area is 165 Å². The first-order valence-electron chi connectivity index (χ1n) is 11.7. The van der Waals surface area contributed by atoms with E-state index in [4.69, 9.17) is 9.47 Å². The summed E-state index contributed by atoms with van der Waals surface area (Å²) in [6.45, 7) is 11.7. The standard InChI is InChI=1S/C24H40O3/c1-6-14-7-8-16-19-17(10-12-23(14,16)4)24(5)11-9-15(25)13-18(24)20-21(19)27-22(2,3)26-20/h14-21,25H,6-13H2,1-5H3/t14-,15+,16?,17?,18?,19?,20+,21+,23+,24+/m0/s1. The Morgan fingerprint density at radius 3 is 2.22 bits per heavy atom. The molecule has 5 fully saturated rings. The molecule has 0 spiro atoms. The highest BCUT2D eigenvalue weighted by molar-refractivity contribution is 5.15. The number of hydrogen-bond donors (Lipinski definition) is 1. The van der Waals surface area contributed by atoms with Gasteiger partial charge in [0.1, 0.15) is 0 Å². The van der Waals surface area contributed by atoms with E-state index in [0.29, 0.717) is 22.7 Å². The maximum Gasteiger partial charge on any atom is 0.163 e. The third kappa shape index (κ3) is 2.50. The molecule has 1 heterocycles. The van der Waals surface area contributed by atoms with Gasteiger partial charge in [-0.2, -0.15) is 0 Å². The van der Waals surface area contributed by atoms with Gasteiger partial charge in [0.25, 0.3) is 0 Å². The zero-order chi connectivity index (χ0) is 19.2. The van der Waals surface area contributed by atoms with Gasteiger partial charge in [0, 0.05) is 0 Å². The van der Waals surface area contributed by atoms with Gasteiger partial charge < -0.3 is 14.6 Å². The van der Waals surface area contributed by atoms with Crippen molar-refractivity contribution >= 4 is 0 Å². The van der Waals surface area contributed by atoms with Gasteiger partial charge in [-0.1, -0.05) is 27.2 Å². The monoisotopic (exact) mass is 376 g/mol. The molecule has 3 nitrogen and oxygen atoms in total. The van der Waals surface area contributed by atoms with Crippen molar-refractivity contribution in [2.75, 3.05) is 0 Å². The summed E-state index contributed by atoms with van der Waals surface area (Å²) in [7, 11) is 0. The zero-order valence-electron chi connectivity index (χ0n) is 18.0. The van der Waals surface area contributed by atoms with Crippen LogP contribution in [-0.4, -0.2) is 29.2 Å². The first-order valence-corrected chi connectivity index (χ1v) is 11.7. The van der Waals surface area contributed by atoms with Crippen LogP contribution in [0, 0.1) is 40.4 Å². The quantitative estimate of drug-likeness (QED) is 0.687. The lowest BCUT2D eigenvalue weighted by Gasteiger charge is -2.63. The van der Waals surface area contributed by atoms with Crippen LogP contribution in [0.2, 0.25) is 0 Å². The SMILES string of the molecule is CC[C@H]1CCC2C3C(CC[C@@]21C)[C@@]1(C)CC[C@@H](O)CC1[C@H]1OC(C)(C)O[C@H]31. The fraction of sp³-hybridized carbons (Fsp3) is 1.00. The fourth-order valence-electron chi connectivity index (χ4n) is 8.94. The Hall–Kier alpha value is -0.120. The number of hydrogen-bond acceptors (Lipinski definition) is 3. The lowest BCUT2D eigenvalue weighted by atomic mass is 9.43. The van der Waals surface area contributed by atoms with Gasteiger partial charge in [-0.05, 0) is 99.2 Å². The lowest BCUT2D eigenvalue weighted by Crippen LogP contribution is -2.63. The maximum absolute atomic E-state index is 10.5. The van der Waals surface area contributed by atoms with Gasteiger partial charge >= 0.3 is 0 Å². The second-order valence-corrected chi connectivity index (χ2v) is 11.6.